The van der Waals surface area contributed by atoms with Crippen molar-refractivity contribution in [1.29, 1.82) is 0 Å². The van der Waals surface area contributed by atoms with Gasteiger partial charge in [0.2, 0.25) is 0 Å². The van der Waals surface area contributed by atoms with E-state index in [1.807, 2.05) is 12.1 Å². The van der Waals surface area contributed by atoms with Crippen molar-refractivity contribution in [3.63, 3.8) is 0 Å². The van der Waals surface area contributed by atoms with Crippen LogP contribution in [0.2, 0.25) is 5.15 Å². The highest BCUT2D eigenvalue weighted by molar-refractivity contribution is 7.18. The zero-order valence-corrected chi connectivity index (χ0v) is 24.1. The molecule has 3 unspecified atom stereocenters. The molecule has 1 aromatic carbocycles. The molecule has 2 aromatic heterocycles. The van der Waals surface area contributed by atoms with Gasteiger partial charge < -0.3 is 14.6 Å². The quantitative estimate of drug-likeness (QED) is 0.291. The molecule has 3 atom stereocenters. The van der Waals surface area contributed by atoms with Crippen molar-refractivity contribution in [2.24, 2.45) is 16.3 Å². The number of carbonyl (C=O) groups is 2. The zero-order valence-electron chi connectivity index (χ0n) is 22.5. The number of carbonyl (C=O) groups excluding carboxylic acids is 1. The molecule has 0 amide bonds. The molecule has 3 heterocycles. The number of aliphatic imine (C=N–C) groups is 1. The van der Waals surface area contributed by atoms with E-state index in [4.69, 9.17) is 26.1 Å². The Bertz CT molecular complexity index is 1590. The average molecular weight is 577 g/mol. The summed E-state index contributed by atoms with van der Waals surface area (Å²) >= 11 is 6.99. The van der Waals surface area contributed by atoms with Gasteiger partial charge in [-0.25, -0.2) is 14.8 Å². The van der Waals surface area contributed by atoms with E-state index >= 15 is 0 Å². The van der Waals surface area contributed by atoms with Crippen molar-refractivity contribution >= 4 is 45.4 Å². The second kappa shape index (κ2) is 10.2. The topological polar surface area (TPSA) is 98.1 Å². The normalized spacial score (nSPS) is 23.4. The smallest absolute Gasteiger partial charge is 0.346 e. The molecule has 206 valence electrons. The molecule has 1 fully saturated rings. The first kappa shape index (κ1) is 26.7. The number of benzene rings is 1. The summed E-state index contributed by atoms with van der Waals surface area (Å²) in [5, 5.41) is 10.6. The first-order valence-electron chi connectivity index (χ1n) is 13.3. The number of hydrogen-bond donors (Lipinski definition) is 1. The largest absolute Gasteiger partial charge is 0.493 e. The molecule has 6 rings (SSSR count). The average Bonchev–Trinajstić information content (AvgIpc) is 3.56. The number of carboxylic acids is 1. The standard InChI is InChI=1S/C31H29ClN2O5S/c1-16-26-22(35)11-19-5-4-6-20(27(19)34-29(26)40-28(16)30(36)37)31(2)13-21(31)18-8-9-23(24(12-18)38-3)39-15-17-7-10-25(32)33-14-17/h5,7-10,12,14,20-21H,4,6,11,13,15H2,1-3H3,(H,36,37). The molecule has 1 N–H and O–H groups in total. The summed E-state index contributed by atoms with van der Waals surface area (Å²) < 4.78 is 11.7. The van der Waals surface area contributed by atoms with Gasteiger partial charge in [0, 0.05) is 29.8 Å². The van der Waals surface area contributed by atoms with Crippen molar-refractivity contribution < 1.29 is 24.2 Å². The Morgan fingerprint density at radius 1 is 1.23 bits per heavy atom. The molecule has 1 saturated carbocycles. The zero-order chi connectivity index (χ0) is 28.2. The summed E-state index contributed by atoms with van der Waals surface area (Å²) in [6.07, 6.45) is 6.94. The molecule has 0 saturated heterocycles. The number of rotatable bonds is 7. The summed E-state index contributed by atoms with van der Waals surface area (Å²) in [6.45, 7) is 4.36. The molecule has 7 nitrogen and oxygen atoms in total. The molecule has 0 spiro atoms. The third kappa shape index (κ3) is 4.63. The molecule has 0 radical (unpaired) electrons. The number of ketones is 1. The van der Waals surface area contributed by atoms with Gasteiger partial charge in [-0.15, -0.1) is 11.3 Å². The number of pyridine rings is 1. The summed E-state index contributed by atoms with van der Waals surface area (Å²) in [7, 11) is 1.64. The maximum Gasteiger partial charge on any atom is 0.346 e. The van der Waals surface area contributed by atoms with E-state index in [0.717, 1.165) is 47.4 Å². The maximum absolute atomic E-state index is 13.2. The molecule has 3 aromatic rings. The van der Waals surface area contributed by atoms with E-state index in [1.54, 1.807) is 26.3 Å². The minimum absolute atomic E-state index is 0.0316. The number of Topliss-reactive ketones (excluding diaryl/α,β-unsaturated/α-hetero) is 1. The number of halogens is 1. The van der Waals surface area contributed by atoms with Crippen molar-refractivity contribution in [1.82, 2.24) is 4.98 Å². The molecule has 9 heteroatoms. The third-order valence-electron chi connectivity index (χ3n) is 8.53. The predicted octanol–water partition coefficient (Wildman–Crippen LogP) is 7.58. The van der Waals surface area contributed by atoms with Crippen LogP contribution in [0.1, 0.15) is 75.2 Å². The lowest BCUT2D eigenvalue weighted by Crippen LogP contribution is -2.29. The van der Waals surface area contributed by atoms with Gasteiger partial charge in [-0.3, -0.25) is 4.79 Å². The Labute approximate surface area is 241 Å². The van der Waals surface area contributed by atoms with Gasteiger partial charge >= 0.3 is 5.97 Å². The number of fused-ring (bicyclic) bond motifs is 2. The fourth-order valence-corrected chi connectivity index (χ4v) is 7.42. The van der Waals surface area contributed by atoms with Gasteiger partial charge in [-0.05, 0) is 72.4 Å². The number of methoxy groups -OCH3 is 1. The second-order valence-corrected chi connectivity index (χ2v) is 12.3. The maximum atomic E-state index is 13.2. The summed E-state index contributed by atoms with van der Waals surface area (Å²) in [4.78, 5) is 34.3. The van der Waals surface area contributed by atoms with Crippen LogP contribution in [0, 0.1) is 18.3 Å². The van der Waals surface area contributed by atoms with Gasteiger partial charge in [0.05, 0.1) is 12.7 Å². The summed E-state index contributed by atoms with van der Waals surface area (Å²) in [6, 6.07) is 9.74. The van der Waals surface area contributed by atoms with Crippen LogP contribution in [0.5, 0.6) is 11.5 Å². The van der Waals surface area contributed by atoms with Gasteiger partial charge in [0.15, 0.2) is 17.3 Å². The Morgan fingerprint density at radius 2 is 2.05 bits per heavy atom. The van der Waals surface area contributed by atoms with Crippen molar-refractivity contribution in [2.75, 3.05) is 7.11 Å². The van der Waals surface area contributed by atoms with E-state index < -0.39 is 5.97 Å². The van der Waals surface area contributed by atoms with Gasteiger partial charge in [0.25, 0.3) is 0 Å². The van der Waals surface area contributed by atoms with Crippen LogP contribution in [0.4, 0.5) is 5.00 Å². The number of ether oxygens (including phenoxy) is 2. The monoisotopic (exact) mass is 576 g/mol. The molecule has 40 heavy (non-hydrogen) atoms. The summed E-state index contributed by atoms with van der Waals surface area (Å²) in [5.74, 6) is 0.754. The summed E-state index contributed by atoms with van der Waals surface area (Å²) in [5.41, 5.74) is 4.99. The first-order valence-corrected chi connectivity index (χ1v) is 14.5. The number of aromatic nitrogens is 1. The highest BCUT2D eigenvalue weighted by Crippen LogP contribution is 2.66. The number of allylic oxidation sites excluding steroid dienone is 2. The lowest BCUT2D eigenvalue weighted by atomic mass is 9.74. The van der Waals surface area contributed by atoms with Crippen LogP contribution < -0.4 is 9.47 Å². The van der Waals surface area contributed by atoms with Crippen LogP contribution in [0.25, 0.3) is 0 Å². The van der Waals surface area contributed by atoms with Crippen molar-refractivity contribution in [2.45, 2.75) is 52.1 Å². The number of hydrogen-bond acceptors (Lipinski definition) is 7. The van der Waals surface area contributed by atoms with Crippen molar-refractivity contribution in [3.05, 3.63) is 80.5 Å². The van der Waals surface area contributed by atoms with E-state index in [2.05, 4.69) is 30.1 Å². The molecule has 3 aliphatic rings. The van der Waals surface area contributed by atoms with Crippen LogP contribution >= 0.6 is 22.9 Å². The van der Waals surface area contributed by atoms with Gasteiger partial charge in [-0.1, -0.05) is 36.7 Å². The van der Waals surface area contributed by atoms with E-state index in [0.29, 0.717) is 45.3 Å². The minimum atomic E-state index is -1.01. The highest BCUT2D eigenvalue weighted by atomic mass is 35.5. The van der Waals surface area contributed by atoms with E-state index in [1.165, 1.54) is 5.56 Å². The predicted molar refractivity (Wildman–Crippen MR) is 155 cm³/mol. The number of thiophene rings is 1. The molecule has 0 bridgehead atoms. The Hall–Kier alpha value is -3.49. The van der Waals surface area contributed by atoms with Crippen LogP contribution in [-0.4, -0.2) is 34.7 Å². The lowest BCUT2D eigenvalue weighted by Gasteiger charge is -2.30. The van der Waals surface area contributed by atoms with Crippen LogP contribution in [-0.2, 0) is 6.61 Å². The Kier molecular flexibility index (Phi) is 6.79. The second-order valence-electron chi connectivity index (χ2n) is 10.9. The van der Waals surface area contributed by atoms with Crippen LogP contribution in [0.3, 0.4) is 0 Å². The van der Waals surface area contributed by atoms with E-state index in [9.17, 15) is 14.7 Å². The number of carboxylic acid groups (broad SMARTS) is 1. The number of nitrogens with zero attached hydrogens (tertiary/aromatic N) is 2. The Morgan fingerprint density at radius 3 is 2.77 bits per heavy atom. The van der Waals surface area contributed by atoms with Crippen molar-refractivity contribution in [3.8, 4) is 11.5 Å². The fraction of sp³-hybridized carbons (Fsp3) is 0.355. The first-order chi connectivity index (χ1) is 19.2. The minimum Gasteiger partial charge on any atom is -0.493 e. The highest BCUT2D eigenvalue weighted by Gasteiger charge is 2.57. The lowest BCUT2D eigenvalue weighted by molar-refractivity contribution is 0.0701. The molecular weight excluding hydrogens is 548 g/mol. The molecule has 1 aliphatic heterocycles. The number of aromatic carboxylic acids is 1. The van der Waals surface area contributed by atoms with Gasteiger partial charge in [-0.2, -0.15) is 0 Å². The molecule has 2 aliphatic carbocycles. The SMILES string of the molecule is COc1cc(C2CC2(C)C2CCC=C3CC(=O)c4c(sc(C(=O)O)c4C)N=C32)ccc1OCc1ccc(Cl)nc1. The van der Waals surface area contributed by atoms with Crippen LogP contribution in [0.15, 0.2) is 53.2 Å². The fourth-order valence-electron chi connectivity index (χ4n) is 6.26. The Balaban J connectivity index is 1.26. The van der Waals surface area contributed by atoms with E-state index in [-0.39, 0.29) is 28.4 Å². The molecular formula is C31H29ClN2O5S. The third-order valence-corrected chi connectivity index (χ3v) is 9.93. The van der Waals surface area contributed by atoms with Gasteiger partial charge in [0.1, 0.15) is 21.6 Å².